The van der Waals surface area contributed by atoms with Crippen molar-refractivity contribution in [2.24, 2.45) is 11.7 Å². The van der Waals surface area contributed by atoms with Crippen LogP contribution in [-0.2, 0) is 26.0 Å². The second-order valence-corrected chi connectivity index (χ2v) is 13.9. The minimum Gasteiger partial charge on any atom is -0.371 e. The zero-order valence-electron chi connectivity index (χ0n) is 26.5. The van der Waals surface area contributed by atoms with Gasteiger partial charge in [-0.1, -0.05) is 86.6 Å². The third kappa shape index (κ3) is 9.92. The molecule has 0 spiro atoms. The van der Waals surface area contributed by atoms with Gasteiger partial charge in [-0.05, 0) is 42.2 Å². The lowest BCUT2D eigenvalue weighted by atomic mass is 9.98. The van der Waals surface area contributed by atoms with E-state index in [1.807, 2.05) is 26.0 Å². The van der Waals surface area contributed by atoms with Gasteiger partial charge in [0.25, 0.3) is 5.91 Å². The Morgan fingerprint density at radius 2 is 1.53 bits per heavy atom. The van der Waals surface area contributed by atoms with E-state index in [-0.39, 0.29) is 42.4 Å². The van der Waals surface area contributed by atoms with E-state index in [4.69, 9.17) is 5.73 Å². The van der Waals surface area contributed by atoms with Gasteiger partial charge < -0.3 is 21.5 Å². The molecule has 0 aliphatic heterocycles. The van der Waals surface area contributed by atoms with Crippen LogP contribution < -0.4 is 16.4 Å². The van der Waals surface area contributed by atoms with Gasteiger partial charge >= 0.3 is 0 Å². The molecule has 5 N–H and O–H groups in total. The maximum atomic E-state index is 13.7. The summed E-state index contributed by atoms with van der Waals surface area (Å²) in [4.78, 5) is 43.3. The Labute approximate surface area is 275 Å². The highest BCUT2D eigenvalue weighted by Gasteiger charge is 2.36. The van der Waals surface area contributed by atoms with Crippen molar-refractivity contribution in [3.63, 3.8) is 0 Å². The number of aromatic nitrogens is 1. The molecule has 0 bridgehead atoms. The SMILES string of the molecule is CC(C)CCN(CCC(O)(Cc1ccccc1)NC(=O)C(CC(N)=O)NC(=O)c1ccc2ccccc2n1)S(=O)(=O)c1ccccc1. The van der Waals surface area contributed by atoms with Crippen molar-refractivity contribution < 1.29 is 27.9 Å². The van der Waals surface area contributed by atoms with Crippen LogP contribution in [0.25, 0.3) is 10.9 Å². The number of benzene rings is 3. The monoisotopic (exact) mass is 659 g/mol. The molecule has 0 aliphatic carbocycles. The molecule has 0 saturated heterocycles. The van der Waals surface area contributed by atoms with E-state index in [0.29, 0.717) is 17.5 Å². The number of primary amides is 1. The molecule has 0 fully saturated rings. The van der Waals surface area contributed by atoms with E-state index in [1.165, 1.54) is 22.5 Å². The number of carbonyl (C=O) groups excluding carboxylic acids is 3. The Balaban J connectivity index is 1.59. The fourth-order valence-electron chi connectivity index (χ4n) is 5.09. The molecule has 2 atom stereocenters. The van der Waals surface area contributed by atoms with Gasteiger partial charge in [0.1, 0.15) is 17.5 Å². The van der Waals surface area contributed by atoms with Gasteiger partial charge in [0, 0.05) is 31.3 Å². The molecule has 0 saturated carbocycles. The molecule has 0 aliphatic rings. The third-order valence-electron chi connectivity index (χ3n) is 7.67. The van der Waals surface area contributed by atoms with Crippen molar-refractivity contribution in [3.8, 4) is 0 Å². The normalized spacial score (nSPS) is 13.6. The maximum Gasteiger partial charge on any atom is 0.270 e. The number of hydrogen-bond acceptors (Lipinski definition) is 7. The number of rotatable bonds is 16. The van der Waals surface area contributed by atoms with Gasteiger partial charge in [0.15, 0.2) is 0 Å². The van der Waals surface area contributed by atoms with Crippen LogP contribution in [0.1, 0.15) is 49.2 Å². The van der Waals surface area contributed by atoms with E-state index in [9.17, 15) is 27.9 Å². The summed E-state index contributed by atoms with van der Waals surface area (Å²) >= 11 is 0. The summed E-state index contributed by atoms with van der Waals surface area (Å²) in [5.41, 5.74) is 4.74. The van der Waals surface area contributed by atoms with Crippen LogP contribution in [-0.4, -0.2) is 65.4 Å². The summed E-state index contributed by atoms with van der Waals surface area (Å²) in [6.07, 6.45) is -0.242. The lowest BCUT2D eigenvalue weighted by molar-refractivity contribution is -0.133. The largest absolute Gasteiger partial charge is 0.371 e. The van der Waals surface area contributed by atoms with E-state index < -0.39 is 45.9 Å². The number of fused-ring (bicyclic) bond motifs is 1. The number of nitrogens with two attached hydrogens (primary N) is 1. The molecule has 0 radical (unpaired) electrons. The van der Waals surface area contributed by atoms with Crippen LogP contribution in [0.5, 0.6) is 0 Å². The predicted molar refractivity (Wildman–Crippen MR) is 179 cm³/mol. The van der Waals surface area contributed by atoms with Gasteiger partial charge in [-0.15, -0.1) is 0 Å². The Morgan fingerprint density at radius 1 is 0.894 bits per heavy atom. The van der Waals surface area contributed by atoms with Crippen LogP contribution in [0.15, 0.2) is 102 Å². The second-order valence-electron chi connectivity index (χ2n) is 11.9. The Morgan fingerprint density at radius 3 is 2.19 bits per heavy atom. The van der Waals surface area contributed by atoms with Crippen molar-refractivity contribution >= 4 is 38.6 Å². The molecule has 3 amide bonds. The molecule has 11 nitrogen and oxygen atoms in total. The first-order chi connectivity index (χ1) is 22.4. The number of pyridine rings is 1. The number of aliphatic hydroxyl groups is 1. The smallest absolute Gasteiger partial charge is 0.270 e. The fourth-order valence-corrected chi connectivity index (χ4v) is 6.56. The molecule has 12 heteroatoms. The van der Waals surface area contributed by atoms with E-state index in [1.54, 1.807) is 66.7 Å². The molecule has 4 aromatic rings. The van der Waals surface area contributed by atoms with Crippen molar-refractivity contribution in [3.05, 3.63) is 108 Å². The van der Waals surface area contributed by atoms with Crippen molar-refractivity contribution in [1.82, 2.24) is 19.9 Å². The molecule has 3 aromatic carbocycles. The highest BCUT2D eigenvalue weighted by Crippen LogP contribution is 2.22. The summed E-state index contributed by atoms with van der Waals surface area (Å²) < 4.78 is 28.6. The van der Waals surface area contributed by atoms with E-state index in [0.717, 1.165) is 5.39 Å². The van der Waals surface area contributed by atoms with Gasteiger partial charge in [0.2, 0.25) is 21.8 Å². The van der Waals surface area contributed by atoms with E-state index in [2.05, 4.69) is 15.6 Å². The van der Waals surface area contributed by atoms with Crippen molar-refractivity contribution in [2.75, 3.05) is 13.1 Å². The second kappa shape index (κ2) is 15.8. The van der Waals surface area contributed by atoms with Crippen LogP contribution >= 0.6 is 0 Å². The molecule has 2 unspecified atom stereocenters. The quantitative estimate of drug-likeness (QED) is 0.134. The third-order valence-corrected chi connectivity index (χ3v) is 9.58. The summed E-state index contributed by atoms with van der Waals surface area (Å²) in [5.74, 6) is -2.22. The number of amides is 3. The molecule has 47 heavy (non-hydrogen) atoms. The van der Waals surface area contributed by atoms with Crippen LogP contribution in [0.2, 0.25) is 0 Å². The highest BCUT2D eigenvalue weighted by molar-refractivity contribution is 7.89. The van der Waals surface area contributed by atoms with Gasteiger partial charge in [0.05, 0.1) is 16.8 Å². The van der Waals surface area contributed by atoms with Gasteiger partial charge in [-0.25, -0.2) is 13.4 Å². The standard InChI is InChI=1S/C35H41N5O6S/c1-25(2)19-21-40(47(45,46)28-14-7-4-8-15-28)22-20-35(44,24-26-11-5-3-6-12-26)39-34(43)31(23-32(36)41)38-33(42)30-18-17-27-13-9-10-16-29(27)37-30/h3-18,25,31,44H,19-24H2,1-2H3,(H2,36,41)(H,38,42)(H,39,43). The Hall–Kier alpha value is -4.65. The van der Waals surface area contributed by atoms with Gasteiger partial charge in [-0.2, -0.15) is 4.31 Å². The molecular weight excluding hydrogens is 618 g/mol. The van der Waals surface area contributed by atoms with Crippen LogP contribution in [0.4, 0.5) is 0 Å². The minimum absolute atomic E-state index is 0.0254. The summed E-state index contributed by atoms with van der Waals surface area (Å²) in [5, 5.41) is 17.9. The van der Waals surface area contributed by atoms with E-state index >= 15 is 0 Å². The van der Waals surface area contributed by atoms with Crippen LogP contribution in [0, 0.1) is 5.92 Å². The average molecular weight is 660 g/mol. The molecule has 1 heterocycles. The zero-order valence-corrected chi connectivity index (χ0v) is 27.3. The topological polar surface area (TPSA) is 172 Å². The predicted octanol–water partition coefficient (Wildman–Crippen LogP) is 3.38. The molecule has 1 aromatic heterocycles. The lowest BCUT2D eigenvalue weighted by Crippen LogP contribution is -2.58. The first-order valence-electron chi connectivity index (χ1n) is 15.4. The molecular formula is C35H41N5O6S. The van der Waals surface area contributed by atoms with Crippen molar-refractivity contribution in [2.45, 2.75) is 56.2 Å². The number of nitrogens with one attached hydrogen (secondary N) is 2. The highest BCUT2D eigenvalue weighted by atomic mass is 32.2. The summed E-state index contributed by atoms with van der Waals surface area (Å²) in [6, 6.07) is 25.9. The number of hydrogen-bond donors (Lipinski definition) is 4. The number of sulfonamides is 1. The molecule has 4 rings (SSSR count). The number of carbonyl (C=O) groups is 3. The summed E-state index contributed by atoms with van der Waals surface area (Å²) in [6.45, 7) is 4.05. The van der Waals surface area contributed by atoms with Crippen LogP contribution in [0.3, 0.4) is 0 Å². The molecule has 248 valence electrons. The zero-order chi connectivity index (χ0) is 34.0. The van der Waals surface area contributed by atoms with Gasteiger partial charge in [-0.3, -0.25) is 14.4 Å². The number of nitrogens with zero attached hydrogens (tertiary/aromatic N) is 2. The Kier molecular flexibility index (Phi) is 11.8. The fraction of sp³-hybridized carbons (Fsp3) is 0.314. The Bertz CT molecular complexity index is 1790. The first kappa shape index (κ1) is 35.2. The number of para-hydroxylation sites is 1. The maximum absolute atomic E-state index is 13.7. The summed E-state index contributed by atoms with van der Waals surface area (Å²) in [7, 11) is -3.93. The lowest BCUT2D eigenvalue weighted by Gasteiger charge is -2.33. The first-order valence-corrected chi connectivity index (χ1v) is 16.9. The van der Waals surface area contributed by atoms with Crippen molar-refractivity contribution in [1.29, 1.82) is 0 Å². The minimum atomic E-state index is -3.93. The average Bonchev–Trinajstić information content (AvgIpc) is 3.04.